The van der Waals surface area contributed by atoms with Crippen LogP contribution in [0.5, 0.6) is 0 Å². The molecule has 1 saturated carbocycles. The molecule has 0 unspecified atom stereocenters. The molecule has 1 aliphatic carbocycles. The van der Waals surface area contributed by atoms with Crippen LogP contribution in [0.1, 0.15) is 64.7 Å². The van der Waals surface area contributed by atoms with E-state index in [1.807, 2.05) is 4.90 Å². The molecule has 2 heterocycles. The molecule has 2 aliphatic heterocycles. The van der Waals surface area contributed by atoms with Gasteiger partial charge in [-0.3, -0.25) is 9.69 Å². The molecule has 138 valence electrons. The Morgan fingerprint density at radius 1 is 1.04 bits per heavy atom. The molecule has 0 aromatic carbocycles. The Bertz CT molecular complexity index is 542. The summed E-state index contributed by atoms with van der Waals surface area (Å²) in [5.41, 5.74) is 0. The van der Waals surface area contributed by atoms with Gasteiger partial charge in [-0.2, -0.15) is 0 Å². The van der Waals surface area contributed by atoms with Gasteiger partial charge in [-0.1, -0.05) is 26.2 Å². The fourth-order valence-electron chi connectivity index (χ4n) is 4.87. The van der Waals surface area contributed by atoms with E-state index in [9.17, 15) is 13.2 Å². The van der Waals surface area contributed by atoms with E-state index in [1.54, 1.807) is 0 Å². The molecular weight excluding hydrogens is 324 g/mol. The molecule has 1 amide bonds. The van der Waals surface area contributed by atoms with Crippen LogP contribution in [-0.4, -0.2) is 66.8 Å². The predicted octanol–water partition coefficient (Wildman–Crippen LogP) is 2.21. The van der Waals surface area contributed by atoms with E-state index in [0.717, 1.165) is 38.6 Å². The second kappa shape index (κ2) is 7.73. The van der Waals surface area contributed by atoms with E-state index in [4.69, 9.17) is 0 Å². The normalized spacial score (nSPS) is 31.4. The fourth-order valence-corrected chi connectivity index (χ4v) is 6.58. The van der Waals surface area contributed by atoms with Gasteiger partial charge in [0.25, 0.3) is 0 Å². The fraction of sp³-hybridized carbons (Fsp3) is 0.944. The van der Waals surface area contributed by atoms with Crippen molar-refractivity contribution >= 4 is 15.7 Å². The van der Waals surface area contributed by atoms with E-state index >= 15 is 0 Å². The van der Waals surface area contributed by atoms with Crippen LogP contribution in [0.4, 0.5) is 0 Å². The monoisotopic (exact) mass is 356 g/mol. The van der Waals surface area contributed by atoms with Crippen LogP contribution in [0.3, 0.4) is 0 Å². The van der Waals surface area contributed by atoms with Crippen molar-refractivity contribution < 1.29 is 13.2 Å². The lowest BCUT2D eigenvalue weighted by molar-refractivity contribution is -0.137. The van der Waals surface area contributed by atoms with E-state index in [0.29, 0.717) is 19.0 Å². The molecule has 5 nitrogen and oxygen atoms in total. The van der Waals surface area contributed by atoms with Crippen molar-refractivity contribution in [3.05, 3.63) is 0 Å². The van der Waals surface area contributed by atoms with Crippen molar-refractivity contribution in [1.29, 1.82) is 0 Å². The van der Waals surface area contributed by atoms with Gasteiger partial charge in [-0.15, -0.1) is 0 Å². The minimum Gasteiger partial charge on any atom is -0.335 e. The molecule has 3 aliphatic rings. The summed E-state index contributed by atoms with van der Waals surface area (Å²) < 4.78 is 23.8. The number of sulfone groups is 1. The van der Waals surface area contributed by atoms with Gasteiger partial charge >= 0.3 is 0 Å². The molecule has 0 aromatic heterocycles. The minimum absolute atomic E-state index is 0.0875. The number of carbonyl (C=O) groups is 1. The Hall–Kier alpha value is -0.620. The number of nitrogens with zero attached hydrogens (tertiary/aromatic N) is 2. The van der Waals surface area contributed by atoms with Gasteiger partial charge in [0.15, 0.2) is 9.84 Å². The lowest BCUT2D eigenvalue weighted by Gasteiger charge is -2.39. The van der Waals surface area contributed by atoms with Crippen LogP contribution in [0.25, 0.3) is 0 Å². The van der Waals surface area contributed by atoms with Crippen molar-refractivity contribution in [1.82, 2.24) is 9.80 Å². The second-order valence-electron chi connectivity index (χ2n) is 7.82. The van der Waals surface area contributed by atoms with Gasteiger partial charge in [0.05, 0.1) is 18.1 Å². The summed E-state index contributed by atoms with van der Waals surface area (Å²) in [5.74, 6) is 0.589. The van der Waals surface area contributed by atoms with Crippen molar-refractivity contribution in [2.24, 2.45) is 0 Å². The maximum absolute atomic E-state index is 13.1. The lowest BCUT2D eigenvalue weighted by atomic mass is 10.00. The number of hydrogen-bond donors (Lipinski definition) is 0. The molecule has 2 atom stereocenters. The van der Waals surface area contributed by atoms with E-state index in [1.165, 1.54) is 19.3 Å². The highest BCUT2D eigenvalue weighted by atomic mass is 32.2. The Labute approximate surface area is 146 Å². The minimum atomic E-state index is -2.96. The summed E-state index contributed by atoms with van der Waals surface area (Å²) in [7, 11) is -2.96. The molecule has 6 heteroatoms. The van der Waals surface area contributed by atoms with Crippen LogP contribution in [0, 0.1) is 0 Å². The quantitative estimate of drug-likeness (QED) is 0.758. The van der Waals surface area contributed by atoms with Crippen LogP contribution in [-0.2, 0) is 14.6 Å². The Morgan fingerprint density at radius 3 is 2.38 bits per heavy atom. The third-order valence-electron chi connectivity index (χ3n) is 6.17. The van der Waals surface area contributed by atoms with Crippen molar-refractivity contribution in [2.75, 3.05) is 24.6 Å². The summed E-state index contributed by atoms with van der Waals surface area (Å²) in [4.78, 5) is 17.5. The summed E-state index contributed by atoms with van der Waals surface area (Å²) >= 11 is 0. The first-order valence-corrected chi connectivity index (χ1v) is 11.6. The largest absolute Gasteiger partial charge is 0.335 e. The maximum Gasteiger partial charge on any atom is 0.237 e. The van der Waals surface area contributed by atoms with Gasteiger partial charge in [-0.25, -0.2) is 8.42 Å². The molecule has 0 spiro atoms. The SMILES string of the molecule is CC[C@@H]1CCCCN1CC(=O)N(C1CCCC1)[C@H]1CCS(=O)(=O)C1. The van der Waals surface area contributed by atoms with Gasteiger partial charge in [-0.05, 0) is 45.1 Å². The zero-order chi connectivity index (χ0) is 17.2. The van der Waals surface area contributed by atoms with Crippen molar-refractivity contribution in [2.45, 2.75) is 82.8 Å². The number of piperidine rings is 1. The van der Waals surface area contributed by atoms with E-state index < -0.39 is 9.84 Å². The Morgan fingerprint density at radius 2 is 1.75 bits per heavy atom. The molecule has 24 heavy (non-hydrogen) atoms. The summed E-state index contributed by atoms with van der Waals surface area (Å²) in [6.45, 7) is 3.68. The average molecular weight is 357 g/mol. The van der Waals surface area contributed by atoms with E-state index in [-0.39, 0.29) is 29.5 Å². The summed E-state index contributed by atoms with van der Waals surface area (Å²) in [6.07, 6.45) is 9.74. The molecule has 2 saturated heterocycles. The van der Waals surface area contributed by atoms with Crippen LogP contribution in [0.2, 0.25) is 0 Å². The zero-order valence-electron chi connectivity index (χ0n) is 15.0. The Balaban J connectivity index is 1.71. The molecule has 3 rings (SSSR count). The molecule has 0 radical (unpaired) electrons. The number of carbonyl (C=O) groups excluding carboxylic acids is 1. The van der Waals surface area contributed by atoms with Crippen LogP contribution < -0.4 is 0 Å². The summed E-state index contributed by atoms with van der Waals surface area (Å²) in [5, 5.41) is 0. The first kappa shape index (κ1) is 18.2. The Kier molecular flexibility index (Phi) is 5.85. The second-order valence-corrected chi connectivity index (χ2v) is 10.1. The molecule has 0 bridgehead atoms. The van der Waals surface area contributed by atoms with Gasteiger partial charge in [0.2, 0.25) is 5.91 Å². The topological polar surface area (TPSA) is 57.7 Å². The van der Waals surface area contributed by atoms with Crippen molar-refractivity contribution in [3.63, 3.8) is 0 Å². The smallest absolute Gasteiger partial charge is 0.237 e. The maximum atomic E-state index is 13.1. The first-order chi connectivity index (χ1) is 11.5. The predicted molar refractivity (Wildman–Crippen MR) is 95.7 cm³/mol. The average Bonchev–Trinajstić information content (AvgIpc) is 3.18. The zero-order valence-corrected chi connectivity index (χ0v) is 15.8. The van der Waals surface area contributed by atoms with E-state index in [2.05, 4.69) is 11.8 Å². The number of hydrogen-bond acceptors (Lipinski definition) is 4. The highest BCUT2D eigenvalue weighted by Crippen LogP contribution is 2.30. The van der Waals surface area contributed by atoms with Gasteiger partial charge in [0, 0.05) is 18.1 Å². The van der Waals surface area contributed by atoms with Crippen molar-refractivity contribution in [3.8, 4) is 0 Å². The number of likely N-dealkylation sites (tertiary alicyclic amines) is 1. The molecule has 3 fully saturated rings. The number of rotatable bonds is 5. The standard InChI is InChI=1S/C18H32N2O3S/c1-2-15-7-5-6-11-19(15)13-18(21)20(16-8-3-4-9-16)17-10-12-24(22,23)14-17/h15-17H,2-14H2,1H3/t15-,17+/m1/s1. The number of amides is 1. The molecule has 0 aromatic rings. The van der Waals surface area contributed by atoms with Gasteiger partial charge < -0.3 is 4.90 Å². The third-order valence-corrected chi connectivity index (χ3v) is 7.92. The lowest BCUT2D eigenvalue weighted by Crippen LogP contribution is -2.52. The van der Waals surface area contributed by atoms with Crippen LogP contribution in [0.15, 0.2) is 0 Å². The molecule has 0 N–H and O–H groups in total. The highest BCUT2D eigenvalue weighted by molar-refractivity contribution is 7.91. The third kappa shape index (κ3) is 4.13. The highest BCUT2D eigenvalue weighted by Gasteiger charge is 2.39. The summed E-state index contributed by atoms with van der Waals surface area (Å²) in [6, 6.07) is 0.691. The van der Waals surface area contributed by atoms with Gasteiger partial charge in [0.1, 0.15) is 0 Å². The molecular formula is C18H32N2O3S. The first-order valence-electron chi connectivity index (χ1n) is 9.76. The van der Waals surface area contributed by atoms with Crippen LogP contribution >= 0.6 is 0 Å².